The molecular formula is C16H23N3O4S. The third-order valence-electron chi connectivity index (χ3n) is 3.50. The summed E-state index contributed by atoms with van der Waals surface area (Å²) in [5, 5.41) is 0. The minimum atomic E-state index is -0.314. The molecule has 132 valence electrons. The summed E-state index contributed by atoms with van der Waals surface area (Å²) in [7, 11) is 0. The standard InChI is InChI=1S/C16H23N3O4S/c1-10(2)15(21)23-9-18-6-5-12-13(18)14(20)17-16(24)19(12)7-8-22-11(3)4/h5-6,10-11H,7-9H2,1-4H3,(H,17,20,24). The van der Waals surface area contributed by atoms with Gasteiger partial charge in [-0.05, 0) is 32.1 Å². The second kappa shape index (κ2) is 7.76. The van der Waals surface area contributed by atoms with E-state index in [-0.39, 0.29) is 30.3 Å². The van der Waals surface area contributed by atoms with Gasteiger partial charge < -0.3 is 18.6 Å². The molecule has 2 heterocycles. The SMILES string of the molecule is CC(C)OCCn1c(=S)[nH]c(=O)c2c1ccn2COC(=O)C(C)C. The second-order valence-corrected chi connectivity index (χ2v) is 6.48. The van der Waals surface area contributed by atoms with Crippen LogP contribution >= 0.6 is 12.2 Å². The van der Waals surface area contributed by atoms with E-state index in [2.05, 4.69) is 4.98 Å². The van der Waals surface area contributed by atoms with Crippen molar-refractivity contribution in [2.45, 2.75) is 47.1 Å². The molecule has 2 aromatic rings. The summed E-state index contributed by atoms with van der Waals surface area (Å²) in [5.74, 6) is -0.533. The van der Waals surface area contributed by atoms with Crippen LogP contribution in [-0.4, -0.2) is 32.8 Å². The Morgan fingerprint density at radius 2 is 2.04 bits per heavy atom. The maximum absolute atomic E-state index is 12.3. The van der Waals surface area contributed by atoms with Crippen molar-refractivity contribution >= 4 is 29.2 Å². The Morgan fingerprint density at radius 3 is 2.67 bits per heavy atom. The quantitative estimate of drug-likeness (QED) is 0.611. The van der Waals surface area contributed by atoms with E-state index in [0.717, 1.165) is 0 Å². The fourth-order valence-corrected chi connectivity index (χ4v) is 2.55. The Bertz CT molecular complexity index is 832. The summed E-state index contributed by atoms with van der Waals surface area (Å²) in [6.45, 7) is 8.44. The summed E-state index contributed by atoms with van der Waals surface area (Å²) in [5.41, 5.74) is 0.808. The molecule has 24 heavy (non-hydrogen) atoms. The van der Waals surface area contributed by atoms with Gasteiger partial charge in [0.05, 0.1) is 24.1 Å². The molecule has 0 saturated heterocycles. The van der Waals surface area contributed by atoms with Crippen molar-refractivity contribution in [1.82, 2.24) is 14.1 Å². The number of nitrogens with zero attached hydrogens (tertiary/aromatic N) is 2. The topological polar surface area (TPSA) is 78.2 Å². The average molecular weight is 353 g/mol. The molecule has 2 rings (SSSR count). The summed E-state index contributed by atoms with van der Waals surface area (Å²) in [6, 6.07) is 1.79. The number of hydrogen-bond donors (Lipinski definition) is 1. The first-order valence-corrected chi connectivity index (χ1v) is 8.32. The molecule has 0 aliphatic heterocycles. The Morgan fingerprint density at radius 1 is 1.33 bits per heavy atom. The van der Waals surface area contributed by atoms with Crippen LogP contribution in [0.2, 0.25) is 0 Å². The zero-order valence-corrected chi connectivity index (χ0v) is 15.2. The van der Waals surface area contributed by atoms with Crippen LogP contribution in [0.5, 0.6) is 0 Å². The Labute approximate surface area is 145 Å². The maximum Gasteiger partial charge on any atom is 0.310 e. The number of rotatable bonds is 7. The largest absolute Gasteiger partial charge is 0.444 e. The number of aromatic amines is 1. The molecule has 0 spiro atoms. The maximum atomic E-state index is 12.3. The van der Waals surface area contributed by atoms with Crippen molar-refractivity contribution in [1.29, 1.82) is 0 Å². The number of ether oxygens (including phenoxy) is 2. The molecule has 8 heteroatoms. The predicted octanol–water partition coefficient (Wildman–Crippen LogP) is 2.44. The van der Waals surface area contributed by atoms with Crippen molar-refractivity contribution < 1.29 is 14.3 Å². The van der Waals surface area contributed by atoms with E-state index in [1.54, 1.807) is 30.7 Å². The van der Waals surface area contributed by atoms with Gasteiger partial charge in [0.1, 0.15) is 5.52 Å². The summed E-state index contributed by atoms with van der Waals surface area (Å²) < 4.78 is 14.5. The number of hydrogen-bond acceptors (Lipinski definition) is 5. The monoisotopic (exact) mass is 353 g/mol. The number of carbonyl (C=O) groups excluding carboxylic acids is 1. The molecule has 0 atom stereocenters. The van der Waals surface area contributed by atoms with Crippen LogP contribution in [0.3, 0.4) is 0 Å². The van der Waals surface area contributed by atoms with E-state index in [1.165, 1.54) is 0 Å². The normalized spacial score (nSPS) is 11.6. The molecule has 0 fully saturated rings. The lowest BCUT2D eigenvalue weighted by molar-refractivity contribution is -0.151. The van der Waals surface area contributed by atoms with Gasteiger partial charge in [-0.25, -0.2) is 0 Å². The van der Waals surface area contributed by atoms with E-state index in [1.807, 2.05) is 18.4 Å². The number of carbonyl (C=O) groups is 1. The van der Waals surface area contributed by atoms with Crippen molar-refractivity contribution in [2.75, 3.05) is 6.61 Å². The molecule has 0 unspecified atom stereocenters. The smallest absolute Gasteiger partial charge is 0.310 e. The fraction of sp³-hybridized carbons (Fsp3) is 0.562. The zero-order chi connectivity index (χ0) is 17.9. The Kier molecular flexibility index (Phi) is 5.95. The van der Waals surface area contributed by atoms with E-state index in [0.29, 0.717) is 29.0 Å². The Balaban J connectivity index is 2.32. The molecule has 0 aromatic carbocycles. The first-order valence-electron chi connectivity index (χ1n) is 7.91. The van der Waals surface area contributed by atoms with Gasteiger partial charge in [0.15, 0.2) is 11.5 Å². The minimum Gasteiger partial charge on any atom is -0.444 e. The molecule has 0 aliphatic carbocycles. The summed E-state index contributed by atoms with van der Waals surface area (Å²) in [6.07, 6.45) is 1.83. The zero-order valence-electron chi connectivity index (χ0n) is 14.4. The number of nitrogens with one attached hydrogen (secondary N) is 1. The van der Waals surface area contributed by atoms with Crippen LogP contribution in [0.1, 0.15) is 27.7 Å². The van der Waals surface area contributed by atoms with Gasteiger partial charge in [-0.1, -0.05) is 13.8 Å². The van der Waals surface area contributed by atoms with Crippen molar-refractivity contribution in [3.8, 4) is 0 Å². The summed E-state index contributed by atoms with van der Waals surface area (Å²) in [4.78, 5) is 26.6. The van der Waals surface area contributed by atoms with Gasteiger partial charge in [-0.15, -0.1) is 0 Å². The molecule has 0 radical (unpaired) electrons. The van der Waals surface area contributed by atoms with Crippen LogP contribution in [0, 0.1) is 10.7 Å². The highest BCUT2D eigenvalue weighted by Crippen LogP contribution is 2.13. The number of H-pyrrole nitrogens is 1. The van der Waals surface area contributed by atoms with Crippen molar-refractivity contribution in [2.24, 2.45) is 5.92 Å². The number of aromatic nitrogens is 3. The van der Waals surface area contributed by atoms with Gasteiger partial charge in [0.2, 0.25) is 0 Å². The highest BCUT2D eigenvalue weighted by molar-refractivity contribution is 7.71. The van der Waals surface area contributed by atoms with Crippen LogP contribution in [-0.2, 0) is 27.5 Å². The summed E-state index contributed by atoms with van der Waals surface area (Å²) >= 11 is 5.25. The van der Waals surface area contributed by atoms with Gasteiger partial charge in [0.25, 0.3) is 5.56 Å². The molecule has 7 nitrogen and oxygen atoms in total. The van der Waals surface area contributed by atoms with Gasteiger partial charge in [-0.3, -0.25) is 14.6 Å². The first kappa shape index (κ1) is 18.4. The highest BCUT2D eigenvalue weighted by atomic mass is 32.1. The van der Waals surface area contributed by atoms with Crippen LogP contribution in [0.4, 0.5) is 0 Å². The average Bonchev–Trinajstić information content (AvgIpc) is 2.91. The molecule has 0 bridgehead atoms. The molecular weight excluding hydrogens is 330 g/mol. The molecule has 2 aromatic heterocycles. The minimum absolute atomic E-state index is 0.0110. The third-order valence-corrected chi connectivity index (χ3v) is 3.82. The predicted molar refractivity (Wildman–Crippen MR) is 93.4 cm³/mol. The lowest BCUT2D eigenvalue weighted by Gasteiger charge is -2.12. The number of esters is 1. The van der Waals surface area contributed by atoms with E-state index >= 15 is 0 Å². The van der Waals surface area contributed by atoms with Gasteiger partial charge in [0, 0.05) is 12.7 Å². The highest BCUT2D eigenvalue weighted by Gasteiger charge is 2.13. The van der Waals surface area contributed by atoms with Crippen molar-refractivity contribution in [3.63, 3.8) is 0 Å². The lowest BCUT2D eigenvalue weighted by Crippen LogP contribution is -2.20. The molecule has 0 amide bonds. The lowest BCUT2D eigenvalue weighted by atomic mass is 10.2. The van der Waals surface area contributed by atoms with E-state index in [4.69, 9.17) is 21.7 Å². The fourth-order valence-electron chi connectivity index (χ4n) is 2.27. The molecule has 1 N–H and O–H groups in total. The molecule has 0 saturated carbocycles. The van der Waals surface area contributed by atoms with E-state index in [9.17, 15) is 9.59 Å². The van der Waals surface area contributed by atoms with Crippen LogP contribution in [0.25, 0.3) is 11.0 Å². The van der Waals surface area contributed by atoms with Crippen LogP contribution < -0.4 is 5.56 Å². The number of fused-ring (bicyclic) bond motifs is 1. The first-order chi connectivity index (χ1) is 11.3. The van der Waals surface area contributed by atoms with E-state index < -0.39 is 0 Å². The van der Waals surface area contributed by atoms with Crippen molar-refractivity contribution in [3.05, 3.63) is 27.4 Å². The van der Waals surface area contributed by atoms with Gasteiger partial charge in [-0.2, -0.15) is 0 Å². The second-order valence-electron chi connectivity index (χ2n) is 6.10. The third kappa shape index (κ3) is 4.12. The van der Waals surface area contributed by atoms with Gasteiger partial charge >= 0.3 is 5.97 Å². The molecule has 0 aliphatic rings. The Hall–Kier alpha value is -1.93. The van der Waals surface area contributed by atoms with Crippen LogP contribution in [0.15, 0.2) is 17.1 Å².